The zero-order valence-electron chi connectivity index (χ0n) is 11.5. The molecule has 1 rings (SSSR count). The van der Waals surface area contributed by atoms with Gasteiger partial charge in [0.1, 0.15) is 6.04 Å². The maximum atomic E-state index is 11.8. The molecule has 0 radical (unpaired) electrons. The Morgan fingerprint density at radius 1 is 1.45 bits per heavy atom. The molecule has 110 valence electrons. The highest BCUT2D eigenvalue weighted by Crippen LogP contribution is 2.04. The normalized spacial score (nSPS) is 11.7. The number of carbonyl (C=O) groups excluding carboxylic acids is 2. The summed E-state index contributed by atoms with van der Waals surface area (Å²) < 4.78 is 4.94. The molecule has 20 heavy (non-hydrogen) atoms. The van der Waals surface area contributed by atoms with Gasteiger partial charge in [0.25, 0.3) is 5.91 Å². The summed E-state index contributed by atoms with van der Waals surface area (Å²) >= 11 is 0. The van der Waals surface area contributed by atoms with Gasteiger partial charge in [-0.2, -0.15) is 0 Å². The lowest BCUT2D eigenvalue weighted by Gasteiger charge is -2.18. The molecule has 0 saturated carbocycles. The van der Waals surface area contributed by atoms with E-state index in [9.17, 15) is 14.4 Å². The SMILES string of the molecule is CCC[C@H](NC(=O)CN(C)C(=O)c1ccco1)C(=O)O. The van der Waals surface area contributed by atoms with E-state index < -0.39 is 23.8 Å². The van der Waals surface area contributed by atoms with Crippen LogP contribution in [0.5, 0.6) is 0 Å². The second kappa shape index (κ2) is 7.32. The largest absolute Gasteiger partial charge is 0.480 e. The van der Waals surface area contributed by atoms with Crippen LogP contribution in [0.3, 0.4) is 0 Å². The highest BCUT2D eigenvalue weighted by molar-refractivity contribution is 5.94. The Morgan fingerprint density at radius 2 is 2.15 bits per heavy atom. The van der Waals surface area contributed by atoms with E-state index in [0.717, 1.165) is 0 Å². The first-order valence-corrected chi connectivity index (χ1v) is 6.26. The number of furan rings is 1. The van der Waals surface area contributed by atoms with Crippen molar-refractivity contribution < 1.29 is 23.9 Å². The van der Waals surface area contributed by atoms with Crippen molar-refractivity contribution in [2.75, 3.05) is 13.6 Å². The summed E-state index contributed by atoms with van der Waals surface area (Å²) in [7, 11) is 1.44. The monoisotopic (exact) mass is 282 g/mol. The molecule has 0 fully saturated rings. The number of nitrogens with one attached hydrogen (secondary N) is 1. The average molecular weight is 282 g/mol. The molecule has 7 nitrogen and oxygen atoms in total. The van der Waals surface area contributed by atoms with Crippen molar-refractivity contribution in [3.63, 3.8) is 0 Å². The summed E-state index contributed by atoms with van der Waals surface area (Å²) in [6.45, 7) is 1.60. The van der Waals surface area contributed by atoms with Gasteiger partial charge < -0.3 is 19.7 Å². The van der Waals surface area contributed by atoms with Crippen LogP contribution in [0, 0.1) is 0 Å². The number of likely N-dealkylation sites (N-methyl/N-ethyl adjacent to an activating group) is 1. The number of nitrogens with zero attached hydrogens (tertiary/aromatic N) is 1. The van der Waals surface area contributed by atoms with Crippen LogP contribution in [0.2, 0.25) is 0 Å². The fourth-order valence-electron chi connectivity index (χ4n) is 1.66. The number of hydrogen-bond acceptors (Lipinski definition) is 4. The number of carboxylic acid groups (broad SMARTS) is 1. The van der Waals surface area contributed by atoms with Gasteiger partial charge in [0.15, 0.2) is 5.76 Å². The van der Waals surface area contributed by atoms with Crippen molar-refractivity contribution in [1.82, 2.24) is 10.2 Å². The van der Waals surface area contributed by atoms with E-state index in [1.54, 1.807) is 6.07 Å². The molecule has 1 aromatic heterocycles. The molecule has 1 heterocycles. The van der Waals surface area contributed by atoms with Gasteiger partial charge in [-0.3, -0.25) is 9.59 Å². The number of aliphatic carboxylic acids is 1. The molecule has 0 bridgehead atoms. The third-order valence-corrected chi connectivity index (χ3v) is 2.67. The first kappa shape index (κ1) is 15.7. The maximum absolute atomic E-state index is 11.8. The van der Waals surface area contributed by atoms with E-state index in [0.29, 0.717) is 12.8 Å². The third-order valence-electron chi connectivity index (χ3n) is 2.67. The molecule has 0 spiro atoms. The Hall–Kier alpha value is -2.31. The molecule has 7 heteroatoms. The molecule has 2 N–H and O–H groups in total. The van der Waals surface area contributed by atoms with Gasteiger partial charge in [-0.05, 0) is 18.6 Å². The minimum Gasteiger partial charge on any atom is -0.480 e. The Bertz CT molecular complexity index is 469. The standard InChI is InChI=1S/C13H18N2O5/c1-3-5-9(13(18)19)14-11(16)8-15(2)12(17)10-6-4-7-20-10/h4,6-7,9H,3,5,8H2,1-2H3,(H,14,16)(H,18,19)/t9-/m0/s1. The van der Waals surface area contributed by atoms with Crippen molar-refractivity contribution in [3.8, 4) is 0 Å². The quantitative estimate of drug-likeness (QED) is 0.767. The Morgan fingerprint density at radius 3 is 2.65 bits per heavy atom. The minimum absolute atomic E-state index is 0.128. The first-order chi connectivity index (χ1) is 9.45. The van der Waals surface area contributed by atoms with Crippen LogP contribution in [-0.2, 0) is 9.59 Å². The predicted molar refractivity (Wildman–Crippen MR) is 70.1 cm³/mol. The summed E-state index contributed by atoms with van der Waals surface area (Å²) in [6, 6.07) is 2.14. The molecule has 2 amide bonds. The van der Waals surface area contributed by atoms with Crippen molar-refractivity contribution in [3.05, 3.63) is 24.2 Å². The smallest absolute Gasteiger partial charge is 0.326 e. The van der Waals surface area contributed by atoms with Gasteiger partial charge in [-0.1, -0.05) is 13.3 Å². The van der Waals surface area contributed by atoms with E-state index in [4.69, 9.17) is 9.52 Å². The van der Waals surface area contributed by atoms with Crippen LogP contribution >= 0.6 is 0 Å². The highest BCUT2D eigenvalue weighted by atomic mass is 16.4. The van der Waals surface area contributed by atoms with Crippen molar-refractivity contribution in [2.45, 2.75) is 25.8 Å². The van der Waals surface area contributed by atoms with Crippen molar-refractivity contribution >= 4 is 17.8 Å². The molecule has 1 aromatic rings. The van der Waals surface area contributed by atoms with Crippen molar-refractivity contribution in [1.29, 1.82) is 0 Å². The lowest BCUT2D eigenvalue weighted by Crippen LogP contribution is -2.45. The molecule has 0 aromatic carbocycles. The first-order valence-electron chi connectivity index (χ1n) is 6.26. The fourth-order valence-corrected chi connectivity index (χ4v) is 1.66. The van der Waals surface area contributed by atoms with Gasteiger partial charge in [0, 0.05) is 7.05 Å². The number of carbonyl (C=O) groups is 3. The second-order valence-corrected chi connectivity index (χ2v) is 4.39. The van der Waals surface area contributed by atoms with E-state index in [1.807, 2.05) is 6.92 Å². The van der Waals surface area contributed by atoms with E-state index in [-0.39, 0.29) is 12.3 Å². The Balaban J connectivity index is 2.53. The minimum atomic E-state index is -1.08. The Labute approximate surface area is 116 Å². The molecule has 0 aliphatic carbocycles. The van der Waals surface area contributed by atoms with E-state index >= 15 is 0 Å². The summed E-state index contributed by atoms with van der Waals surface area (Å²) in [5.41, 5.74) is 0. The third kappa shape index (κ3) is 4.42. The van der Waals surface area contributed by atoms with Gasteiger partial charge in [0.05, 0.1) is 12.8 Å². The fraction of sp³-hybridized carbons (Fsp3) is 0.462. The molecular formula is C13H18N2O5. The highest BCUT2D eigenvalue weighted by Gasteiger charge is 2.22. The van der Waals surface area contributed by atoms with Crippen LogP contribution in [-0.4, -0.2) is 47.4 Å². The van der Waals surface area contributed by atoms with Gasteiger partial charge in [-0.15, -0.1) is 0 Å². The molecule has 0 saturated heterocycles. The van der Waals surface area contributed by atoms with Crippen LogP contribution < -0.4 is 5.32 Å². The summed E-state index contributed by atoms with van der Waals surface area (Å²) in [5.74, 6) is -1.91. The van der Waals surface area contributed by atoms with Crippen LogP contribution in [0.1, 0.15) is 30.3 Å². The number of carboxylic acids is 1. The molecular weight excluding hydrogens is 264 g/mol. The average Bonchev–Trinajstić information content (AvgIpc) is 2.90. The lowest BCUT2D eigenvalue weighted by molar-refractivity contribution is -0.142. The maximum Gasteiger partial charge on any atom is 0.326 e. The van der Waals surface area contributed by atoms with Gasteiger partial charge in [0.2, 0.25) is 5.91 Å². The lowest BCUT2D eigenvalue weighted by atomic mass is 10.1. The zero-order chi connectivity index (χ0) is 15.1. The second-order valence-electron chi connectivity index (χ2n) is 4.39. The van der Waals surface area contributed by atoms with Crippen LogP contribution in [0.15, 0.2) is 22.8 Å². The number of amides is 2. The number of hydrogen-bond donors (Lipinski definition) is 2. The Kier molecular flexibility index (Phi) is 5.76. The van der Waals surface area contributed by atoms with E-state index in [2.05, 4.69) is 5.32 Å². The summed E-state index contributed by atoms with van der Waals surface area (Å²) in [5, 5.41) is 11.3. The predicted octanol–water partition coefficient (Wildman–Crippen LogP) is 0.721. The van der Waals surface area contributed by atoms with Gasteiger partial charge >= 0.3 is 5.97 Å². The zero-order valence-corrected chi connectivity index (χ0v) is 11.5. The van der Waals surface area contributed by atoms with Crippen LogP contribution in [0.25, 0.3) is 0 Å². The number of rotatable bonds is 7. The molecule has 0 aliphatic rings. The molecule has 0 aliphatic heterocycles. The summed E-state index contributed by atoms with van der Waals surface area (Å²) in [4.78, 5) is 35.6. The topological polar surface area (TPSA) is 99.9 Å². The van der Waals surface area contributed by atoms with Crippen molar-refractivity contribution in [2.24, 2.45) is 0 Å². The molecule has 1 atom stereocenters. The summed E-state index contributed by atoms with van der Waals surface area (Å²) in [6.07, 6.45) is 2.35. The van der Waals surface area contributed by atoms with E-state index in [1.165, 1.54) is 24.3 Å². The van der Waals surface area contributed by atoms with Crippen LogP contribution in [0.4, 0.5) is 0 Å². The molecule has 0 unspecified atom stereocenters. The van der Waals surface area contributed by atoms with Gasteiger partial charge in [-0.25, -0.2) is 4.79 Å².